The molecule has 2 aromatic carbocycles. The van der Waals surface area contributed by atoms with Crippen molar-refractivity contribution in [1.82, 2.24) is 20.2 Å². The number of H-pyrrole nitrogens is 1. The van der Waals surface area contributed by atoms with Crippen LogP contribution in [0.4, 0.5) is 4.79 Å². The number of carbonyl (C=O) groups excluding carboxylic acids is 2. The molecule has 1 spiro atoms. The summed E-state index contributed by atoms with van der Waals surface area (Å²) in [4.78, 5) is 36.8. The molecule has 2 amide bonds. The number of aromatic amines is 1. The fourth-order valence-corrected chi connectivity index (χ4v) is 6.73. The molecule has 3 aromatic rings. The van der Waals surface area contributed by atoms with Crippen molar-refractivity contribution in [2.24, 2.45) is 11.3 Å². The maximum Gasteiger partial charge on any atom is 0.494 e. The van der Waals surface area contributed by atoms with Crippen LogP contribution in [0, 0.1) is 11.3 Å². The second kappa shape index (κ2) is 10.8. The Hall–Kier alpha value is -3.15. The fourth-order valence-electron chi connectivity index (χ4n) is 6.73. The van der Waals surface area contributed by atoms with E-state index < -0.39 is 30.5 Å². The second-order valence-electron chi connectivity index (χ2n) is 13.9. The van der Waals surface area contributed by atoms with Gasteiger partial charge in [-0.25, -0.2) is 9.78 Å². The van der Waals surface area contributed by atoms with Crippen LogP contribution in [0.15, 0.2) is 30.3 Å². The van der Waals surface area contributed by atoms with Gasteiger partial charge in [0.15, 0.2) is 0 Å². The minimum Gasteiger partial charge on any atom is -0.453 e. The molecule has 230 valence electrons. The van der Waals surface area contributed by atoms with Gasteiger partial charge in [0.2, 0.25) is 5.91 Å². The molecule has 4 heterocycles. The van der Waals surface area contributed by atoms with Crippen LogP contribution in [-0.2, 0) is 23.6 Å². The smallest absolute Gasteiger partial charge is 0.453 e. The summed E-state index contributed by atoms with van der Waals surface area (Å²) in [5, 5.41) is 4.81. The van der Waals surface area contributed by atoms with E-state index in [-0.39, 0.29) is 23.3 Å². The number of amides is 2. The number of aromatic nitrogens is 2. The van der Waals surface area contributed by atoms with Crippen LogP contribution in [0.25, 0.3) is 21.8 Å². The summed E-state index contributed by atoms with van der Waals surface area (Å²) in [5.74, 6) is 0.489. The zero-order valence-corrected chi connectivity index (χ0v) is 26.3. The average molecular weight is 591 g/mol. The van der Waals surface area contributed by atoms with Crippen LogP contribution in [0.2, 0.25) is 0 Å². The lowest BCUT2D eigenvalue weighted by Gasteiger charge is -2.33. The third kappa shape index (κ3) is 5.29. The Morgan fingerprint density at radius 2 is 1.88 bits per heavy atom. The van der Waals surface area contributed by atoms with Gasteiger partial charge in [0.05, 0.1) is 42.0 Å². The van der Waals surface area contributed by atoms with Gasteiger partial charge in [-0.15, -0.1) is 0 Å². The molecule has 3 atom stereocenters. The molecule has 0 aliphatic carbocycles. The standard InChI is InChI=1S/C32H43BN4O6/c1-19(2)25(36-29(39)40-7)28(38)37-17-32(13-8-14-41-18-32)16-24(37)27-34-23-12-9-20-15-21(10-11-22(20)26(23)35-27)33-42-30(3,4)31(5,6)43-33/h9-12,15,19,24-25H,8,13-14,16-18H2,1-7H3,(H,34,35)(H,36,39)/t24-,25-,32-/m0/s1. The van der Waals surface area contributed by atoms with Gasteiger partial charge >= 0.3 is 13.2 Å². The predicted molar refractivity (Wildman–Crippen MR) is 165 cm³/mol. The maximum atomic E-state index is 14.1. The van der Waals surface area contributed by atoms with E-state index in [1.54, 1.807) is 0 Å². The molecule has 0 bridgehead atoms. The van der Waals surface area contributed by atoms with Gasteiger partial charge in [0.1, 0.15) is 11.9 Å². The van der Waals surface area contributed by atoms with Crippen molar-refractivity contribution in [3.05, 3.63) is 36.2 Å². The molecule has 3 aliphatic heterocycles. The maximum absolute atomic E-state index is 14.1. The minimum absolute atomic E-state index is 0.121. The molecule has 1 aromatic heterocycles. The summed E-state index contributed by atoms with van der Waals surface area (Å²) in [6, 6.07) is 9.36. The summed E-state index contributed by atoms with van der Waals surface area (Å²) in [6.45, 7) is 14.0. The van der Waals surface area contributed by atoms with Crippen LogP contribution in [-0.4, -0.2) is 78.1 Å². The van der Waals surface area contributed by atoms with Crippen LogP contribution < -0.4 is 10.8 Å². The van der Waals surface area contributed by atoms with Crippen molar-refractivity contribution in [3.8, 4) is 0 Å². The first-order chi connectivity index (χ1) is 20.3. The number of methoxy groups -OCH3 is 1. The molecular formula is C32H43BN4O6. The topological polar surface area (TPSA) is 115 Å². The Kier molecular flexibility index (Phi) is 7.50. The van der Waals surface area contributed by atoms with Crippen molar-refractivity contribution in [3.63, 3.8) is 0 Å². The Morgan fingerprint density at radius 1 is 1.14 bits per heavy atom. The Morgan fingerprint density at radius 3 is 2.53 bits per heavy atom. The minimum atomic E-state index is -0.715. The zero-order chi connectivity index (χ0) is 30.7. The van der Waals surface area contributed by atoms with Crippen LogP contribution in [0.1, 0.15) is 72.7 Å². The molecule has 3 fully saturated rings. The number of imidazole rings is 1. The van der Waals surface area contributed by atoms with Crippen molar-refractivity contribution in [2.75, 3.05) is 26.9 Å². The highest BCUT2D eigenvalue weighted by Crippen LogP contribution is 2.48. The highest BCUT2D eigenvalue weighted by atomic mass is 16.7. The van der Waals surface area contributed by atoms with E-state index in [1.165, 1.54) is 7.11 Å². The highest BCUT2D eigenvalue weighted by Gasteiger charge is 2.52. The highest BCUT2D eigenvalue weighted by molar-refractivity contribution is 6.62. The summed E-state index contributed by atoms with van der Waals surface area (Å²) < 4.78 is 23.3. The van der Waals surface area contributed by atoms with E-state index in [1.807, 2.05) is 30.9 Å². The average Bonchev–Trinajstić information content (AvgIpc) is 3.62. The summed E-state index contributed by atoms with van der Waals surface area (Å²) in [6.07, 6.45) is 2.06. The lowest BCUT2D eigenvalue weighted by atomic mass is 9.78. The molecule has 0 unspecified atom stereocenters. The molecule has 3 aliphatic rings. The molecule has 6 rings (SSSR count). The van der Waals surface area contributed by atoms with E-state index in [4.69, 9.17) is 23.8 Å². The molecule has 3 saturated heterocycles. The molecule has 2 N–H and O–H groups in total. The lowest BCUT2D eigenvalue weighted by molar-refractivity contribution is -0.136. The number of nitrogens with one attached hydrogen (secondary N) is 2. The number of hydrogen-bond donors (Lipinski definition) is 2. The number of carbonyl (C=O) groups is 2. The molecule has 0 radical (unpaired) electrons. The van der Waals surface area contributed by atoms with Crippen LogP contribution in [0.3, 0.4) is 0 Å². The first kappa shape index (κ1) is 29.9. The van der Waals surface area contributed by atoms with E-state index in [0.29, 0.717) is 13.2 Å². The first-order valence-corrected chi connectivity index (χ1v) is 15.3. The number of benzene rings is 2. The number of fused-ring (bicyclic) bond motifs is 3. The number of likely N-dealkylation sites (tertiary alicyclic amines) is 1. The first-order valence-electron chi connectivity index (χ1n) is 15.3. The van der Waals surface area contributed by atoms with Gasteiger partial charge in [0.25, 0.3) is 0 Å². The van der Waals surface area contributed by atoms with Gasteiger partial charge in [-0.1, -0.05) is 38.1 Å². The van der Waals surface area contributed by atoms with E-state index in [2.05, 4.69) is 56.2 Å². The normalized spacial score (nSPS) is 25.6. The quantitative estimate of drug-likeness (QED) is 0.422. The van der Waals surface area contributed by atoms with Gasteiger partial charge in [0, 0.05) is 24.0 Å². The molecule has 11 heteroatoms. The van der Waals surface area contributed by atoms with Gasteiger partial charge in [-0.3, -0.25) is 4.79 Å². The van der Waals surface area contributed by atoms with Crippen LogP contribution in [0.5, 0.6) is 0 Å². The van der Waals surface area contributed by atoms with Crippen LogP contribution >= 0.6 is 0 Å². The van der Waals surface area contributed by atoms with Crippen molar-refractivity contribution in [2.45, 2.75) is 84.1 Å². The summed E-state index contributed by atoms with van der Waals surface area (Å²) >= 11 is 0. The number of rotatable bonds is 5. The van der Waals surface area contributed by atoms with Gasteiger partial charge in [-0.05, 0) is 69.8 Å². The number of alkyl carbamates (subject to hydrolysis) is 1. The van der Waals surface area contributed by atoms with Crippen molar-refractivity contribution >= 4 is 46.4 Å². The number of ether oxygens (including phenoxy) is 2. The number of nitrogens with zero attached hydrogens (tertiary/aromatic N) is 2. The monoisotopic (exact) mass is 590 g/mol. The largest absolute Gasteiger partial charge is 0.494 e. The third-order valence-electron chi connectivity index (χ3n) is 9.94. The predicted octanol–water partition coefficient (Wildman–Crippen LogP) is 4.47. The molecule has 10 nitrogen and oxygen atoms in total. The fraction of sp³-hybridized carbons (Fsp3) is 0.594. The summed E-state index contributed by atoms with van der Waals surface area (Å²) in [7, 11) is 0.862. The zero-order valence-electron chi connectivity index (χ0n) is 26.3. The molecule has 43 heavy (non-hydrogen) atoms. The molecule has 0 saturated carbocycles. The Bertz CT molecular complexity index is 1530. The van der Waals surface area contributed by atoms with E-state index >= 15 is 0 Å². The number of hydrogen-bond acceptors (Lipinski definition) is 7. The Labute approximate surface area is 253 Å². The third-order valence-corrected chi connectivity index (χ3v) is 9.94. The SMILES string of the molecule is COC(=O)N[C@H](C(=O)N1C[C@]2(CCCOC2)C[C@H]1c1nc2c(ccc3cc(B4OC(C)(C)C(C)(C)O4)ccc32)[nH]1)C(C)C. The molecular weight excluding hydrogens is 547 g/mol. The Balaban J connectivity index is 1.35. The van der Waals surface area contributed by atoms with Crippen molar-refractivity contribution < 1.29 is 28.4 Å². The van der Waals surface area contributed by atoms with E-state index in [9.17, 15) is 9.59 Å². The van der Waals surface area contributed by atoms with E-state index in [0.717, 1.165) is 59.0 Å². The summed E-state index contributed by atoms with van der Waals surface area (Å²) in [5.41, 5.74) is 1.75. The van der Waals surface area contributed by atoms with Gasteiger partial charge in [-0.2, -0.15) is 0 Å². The van der Waals surface area contributed by atoms with Gasteiger partial charge < -0.3 is 34.0 Å². The lowest BCUT2D eigenvalue weighted by Crippen LogP contribution is -2.51. The second-order valence-corrected chi connectivity index (χ2v) is 13.9. The van der Waals surface area contributed by atoms with Crippen molar-refractivity contribution in [1.29, 1.82) is 0 Å².